The van der Waals surface area contributed by atoms with Crippen LogP contribution in [-0.2, 0) is 14.3 Å². The molecule has 0 radical (unpaired) electrons. The van der Waals surface area contributed by atoms with Crippen LogP contribution in [0.3, 0.4) is 0 Å². The largest absolute Gasteiger partial charge is 0.491 e. The van der Waals surface area contributed by atoms with Crippen LogP contribution < -0.4 is 20.3 Å². The number of methoxy groups -OCH3 is 1. The van der Waals surface area contributed by atoms with Crippen LogP contribution in [0.1, 0.15) is 62.6 Å². The summed E-state index contributed by atoms with van der Waals surface area (Å²) in [7, 11) is 3.64. The van der Waals surface area contributed by atoms with Gasteiger partial charge in [-0.25, -0.2) is 4.98 Å². The number of nitrogens with one attached hydrogen (secondary N) is 3. The third-order valence-corrected chi connectivity index (χ3v) is 11.1. The molecule has 1 fully saturated rings. The van der Waals surface area contributed by atoms with E-state index < -0.39 is 0 Å². The Morgan fingerprint density at radius 1 is 0.967 bits per heavy atom. The third-order valence-electron chi connectivity index (χ3n) is 10.3. The number of imidazole rings is 1. The zero-order chi connectivity index (χ0) is 43.0. The van der Waals surface area contributed by atoms with E-state index in [9.17, 15) is 9.59 Å². The van der Waals surface area contributed by atoms with Gasteiger partial charge in [0.15, 0.2) is 0 Å². The number of rotatable bonds is 13. The van der Waals surface area contributed by atoms with Crippen LogP contribution in [0.4, 0.5) is 11.4 Å². The molecule has 0 saturated carbocycles. The van der Waals surface area contributed by atoms with Crippen molar-refractivity contribution < 1.29 is 23.8 Å². The second-order valence-corrected chi connectivity index (χ2v) is 16.8. The molecule has 2 aromatic heterocycles. The molecule has 14 heteroatoms. The predicted octanol–water partition coefficient (Wildman–Crippen LogP) is 10.7. The first-order valence-corrected chi connectivity index (χ1v) is 20.9. The lowest BCUT2D eigenvalue weighted by Gasteiger charge is -2.34. The number of H-pyrrole nitrogens is 1. The second-order valence-electron chi connectivity index (χ2n) is 15.5. The number of carbonyl (C=O) groups is 2. The van der Waals surface area contributed by atoms with Gasteiger partial charge >= 0.3 is 0 Å². The molecule has 1 aliphatic rings. The molecule has 60 heavy (non-hydrogen) atoms. The van der Waals surface area contributed by atoms with Gasteiger partial charge in [0.2, 0.25) is 0 Å². The Morgan fingerprint density at radius 3 is 2.33 bits per heavy atom. The summed E-state index contributed by atoms with van der Waals surface area (Å²) in [5.74, 6) is 0.310. The summed E-state index contributed by atoms with van der Waals surface area (Å²) >= 11 is 19.6. The van der Waals surface area contributed by atoms with E-state index in [0.29, 0.717) is 74.7 Å². The molecule has 1 atom stereocenters. The van der Waals surface area contributed by atoms with E-state index in [1.54, 1.807) is 19.5 Å². The number of ether oxygens (including phenoxy) is 3. The minimum absolute atomic E-state index is 0.277. The van der Waals surface area contributed by atoms with Gasteiger partial charge in [-0.3, -0.25) is 9.59 Å². The summed E-state index contributed by atoms with van der Waals surface area (Å²) in [6.07, 6.45) is 3.79. The highest BCUT2D eigenvalue weighted by Crippen LogP contribution is 2.43. The second kappa shape index (κ2) is 20.0. The van der Waals surface area contributed by atoms with Crippen molar-refractivity contribution in [1.29, 1.82) is 0 Å². The molecule has 3 N–H and O–H groups in total. The van der Waals surface area contributed by atoms with E-state index in [1.165, 1.54) is 0 Å². The first-order valence-electron chi connectivity index (χ1n) is 19.8. The van der Waals surface area contributed by atoms with Crippen molar-refractivity contribution in [3.05, 3.63) is 118 Å². The van der Waals surface area contributed by atoms with Crippen LogP contribution in [-0.4, -0.2) is 79.0 Å². The van der Waals surface area contributed by atoms with Crippen molar-refractivity contribution in [2.45, 2.75) is 58.2 Å². The van der Waals surface area contributed by atoms with Crippen molar-refractivity contribution in [3.63, 3.8) is 0 Å². The minimum atomic E-state index is -0.323. The zero-order valence-corrected chi connectivity index (χ0v) is 36.9. The quantitative estimate of drug-likeness (QED) is 0.0775. The fourth-order valence-corrected chi connectivity index (χ4v) is 7.99. The van der Waals surface area contributed by atoms with Gasteiger partial charge in [-0.05, 0) is 89.5 Å². The average Bonchev–Trinajstić information content (AvgIpc) is 3.83. The molecule has 4 aromatic carbocycles. The van der Waals surface area contributed by atoms with Gasteiger partial charge in [-0.2, -0.15) is 0 Å². The Balaban J connectivity index is 0.000000793. The Labute approximate surface area is 366 Å². The number of nitrogens with zero attached hydrogens (tertiary/aromatic N) is 3. The van der Waals surface area contributed by atoms with Gasteiger partial charge in [-0.1, -0.05) is 77.3 Å². The first-order chi connectivity index (χ1) is 28.8. The number of halogens is 3. The SMILES string of the molecule is CC(C)(C)OC=O.CNC1CCN(c2ccc(OCCOC)cc2NC(=O)c2[nH]c3cc(Cl)ccc3c2-c2c(-c3ccccc3)ncn2C(C)c2ccc(Cl)cc2Cl)CC1. The van der Waals surface area contributed by atoms with Gasteiger partial charge in [0, 0.05) is 69.4 Å². The summed E-state index contributed by atoms with van der Waals surface area (Å²) in [5.41, 5.74) is 6.25. The Hall–Kier alpha value is -5.04. The summed E-state index contributed by atoms with van der Waals surface area (Å²) < 4.78 is 17.8. The lowest BCUT2D eigenvalue weighted by molar-refractivity contribution is -0.138. The lowest BCUT2D eigenvalue weighted by atomic mass is 9.99. The van der Waals surface area contributed by atoms with E-state index in [-0.39, 0.29) is 17.6 Å². The zero-order valence-electron chi connectivity index (χ0n) is 34.7. The molecule has 7 rings (SSSR count). The summed E-state index contributed by atoms with van der Waals surface area (Å²) in [4.78, 5) is 35.2. The molecule has 316 valence electrons. The van der Waals surface area contributed by atoms with Crippen molar-refractivity contribution >= 4 is 69.5 Å². The molecular weight excluding hydrogens is 823 g/mol. The van der Waals surface area contributed by atoms with Crippen molar-refractivity contribution in [1.82, 2.24) is 19.9 Å². The highest BCUT2D eigenvalue weighted by Gasteiger charge is 2.29. The van der Waals surface area contributed by atoms with Crippen LogP contribution in [0.2, 0.25) is 15.1 Å². The summed E-state index contributed by atoms with van der Waals surface area (Å²) in [5, 5.41) is 9.12. The number of amides is 1. The molecule has 1 aliphatic heterocycles. The molecule has 0 aliphatic carbocycles. The number of fused-ring (bicyclic) bond motifs is 1. The number of anilines is 2. The molecule has 0 spiro atoms. The molecule has 3 heterocycles. The topological polar surface area (TPSA) is 123 Å². The number of piperidine rings is 1. The van der Waals surface area contributed by atoms with E-state index in [2.05, 4.69) is 36.7 Å². The standard InChI is InChI=1S/C41H41Cl3N6O3.C5H10O2/c1-25(31-12-9-27(42)21-33(31)44)50-24-46-38(26-7-5-4-6-8-26)40(50)37-32-13-10-28(43)22-34(32)47-39(37)41(51)48-35-23-30(53-20-19-52-3)11-14-36(35)49-17-15-29(45-2)16-18-49;1-5(2,3)7-4-6/h4-14,21-25,29,45,47H,15-20H2,1-3H3,(H,48,51);4H,1-3H3. The number of carbonyl (C=O) groups excluding carboxylic acids is 2. The van der Waals surface area contributed by atoms with E-state index >= 15 is 0 Å². The Kier molecular flexibility index (Phi) is 14.8. The lowest BCUT2D eigenvalue weighted by Crippen LogP contribution is -2.41. The number of hydrogen-bond donors (Lipinski definition) is 3. The molecular formula is C46H51Cl3N6O5. The average molecular weight is 874 g/mol. The first kappa shape index (κ1) is 44.5. The summed E-state index contributed by atoms with van der Waals surface area (Å²) in [6, 6.07) is 27.1. The van der Waals surface area contributed by atoms with Crippen molar-refractivity contribution in [2.24, 2.45) is 0 Å². The maximum atomic E-state index is 14.9. The van der Waals surface area contributed by atoms with Gasteiger partial charge in [0.25, 0.3) is 12.4 Å². The van der Waals surface area contributed by atoms with Gasteiger partial charge in [0.1, 0.15) is 23.7 Å². The van der Waals surface area contributed by atoms with E-state index in [1.807, 2.05) is 107 Å². The smallest absolute Gasteiger partial charge is 0.293 e. The summed E-state index contributed by atoms with van der Waals surface area (Å²) in [6.45, 7) is 10.5. The third kappa shape index (κ3) is 10.6. The maximum absolute atomic E-state index is 14.9. The van der Waals surface area contributed by atoms with Crippen LogP contribution in [0.15, 0.2) is 91.3 Å². The molecule has 1 saturated heterocycles. The Morgan fingerprint density at radius 2 is 1.68 bits per heavy atom. The van der Waals surface area contributed by atoms with Gasteiger partial charge < -0.3 is 39.3 Å². The molecule has 6 aromatic rings. The fourth-order valence-electron chi connectivity index (χ4n) is 7.25. The number of aromatic amines is 1. The highest BCUT2D eigenvalue weighted by molar-refractivity contribution is 6.35. The molecule has 0 bridgehead atoms. The monoisotopic (exact) mass is 872 g/mol. The minimum Gasteiger partial charge on any atom is -0.491 e. The fraction of sp³-hybridized carbons (Fsp3) is 0.326. The number of hydrogen-bond acceptors (Lipinski definition) is 8. The van der Waals surface area contributed by atoms with Crippen molar-refractivity contribution in [3.8, 4) is 28.3 Å². The molecule has 1 unspecified atom stereocenters. The predicted molar refractivity (Wildman–Crippen MR) is 243 cm³/mol. The maximum Gasteiger partial charge on any atom is 0.293 e. The van der Waals surface area contributed by atoms with Gasteiger partial charge in [0.05, 0.1) is 41.7 Å². The Bertz CT molecular complexity index is 2400. The normalized spacial score (nSPS) is 13.7. The van der Waals surface area contributed by atoms with E-state index in [4.69, 9.17) is 49.3 Å². The molecule has 1 amide bonds. The van der Waals surface area contributed by atoms with Crippen LogP contribution in [0.5, 0.6) is 5.75 Å². The number of aromatic nitrogens is 3. The van der Waals surface area contributed by atoms with Crippen LogP contribution in [0, 0.1) is 0 Å². The molecule has 11 nitrogen and oxygen atoms in total. The van der Waals surface area contributed by atoms with Crippen molar-refractivity contribution in [2.75, 3.05) is 50.7 Å². The van der Waals surface area contributed by atoms with E-state index in [0.717, 1.165) is 53.8 Å². The van der Waals surface area contributed by atoms with Crippen LogP contribution >= 0.6 is 34.8 Å². The van der Waals surface area contributed by atoms with Crippen LogP contribution in [0.25, 0.3) is 33.4 Å². The number of benzene rings is 4. The van der Waals surface area contributed by atoms with Gasteiger partial charge in [-0.15, -0.1) is 0 Å². The highest BCUT2D eigenvalue weighted by atomic mass is 35.5.